The third-order valence-corrected chi connectivity index (χ3v) is 3.27. The molecule has 0 saturated carbocycles. The first-order valence-electron chi connectivity index (χ1n) is 6.42. The van der Waals surface area contributed by atoms with Crippen LogP contribution in [0.3, 0.4) is 0 Å². The summed E-state index contributed by atoms with van der Waals surface area (Å²) >= 11 is 0. The predicted molar refractivity (Wildman–Crippen MR) is 70.7 cm³/mol. The zero-order valence-corrected chi connectivity index (χ0v) is 10.9. The molecule has 6 nitrogen and oxygen atoms in total. The lowest BCUT2D eigenvalue weighted by atomic mass is 10.1. The molecule has 6 heteroatoms. The summed E-state index contributed by atoms with van der Waals surface area (Å²) in [7, 11) is 1.91. The van der Waals surface area contributed by atoms with Crippen molar-refractivity contribution in [2.75, 3.05) is 18.5 Å². The van der Waals surface area contributed by atoms with Gasteiger partial charge in [0.25, 0.3) is 0 Å². The summed E-state index contributed by atoms with van der Waals surface area (Å²) in [5, 5.41) is 7.43. The van der Waals surface area contributed by atoms with E-state index < -0.39 is 0 Å². The summed E-state index contributed by atoms with van der Waals surface area (Å²) in [4.78, 5) is 8.58. The second-order valence-corrected chi connectivity index (χ2v) is 4.76. The third-order valence-electron chi connectivity index (χ3n) is 3.27. The van der Waals surface area contributed by atoms with Crippen molar-refractivity contribution in [3.63, 3.8) is 0 Å². The number of aryl methyl sites for hydroxylation is 1. The lowest BCUT2D eigenvalue weighted by molar-refractivity contribution is 0.193. The molecular weight excluding hydrogens is 242 g/mol. The van der Waals surface area contributed by atoms with Crippen LogP contribution in [0.15, 0.2) is 24.8 Å². The van der Waals surface area contributed by atoms with Crippen LogP contribution in [-0.2, 0) is 18.3 Å². The number of hydrogen-bond donors (Lipinski definition) is 1. The van der Waals surface area contributed by atoms with Gasteiger partial charge < -0.3 is 10.1 Å². The lowest BCUT2D eigenvalue weighted by Crippen LogP contribution is -2.05. The molecule has 0 radical (unpaired) electrons. The minimum Gasteiger partial charge on any atom is -0.381 e. The topological polar surface area (TPSA) is 64.9 Å². The van der Waals surface area contributed by atoms with E-state index in [1.807, 2.05) is 25.5 Å². The normalized spacial score (nSPS) is 18.7. The predicted octanol–water partition coefficient (Wildman–Crippen LogP) is 1.33. The second-order valence-electron chi connectivity index (χ2n) is 4.76. The van der Waals surface area contributed by atoms with E-state index in [4.69, 9.17) is 4.74 Å². The van der Waals surface area contributed by atoms with Crippen molar-refractivity contribution in [2.45, 2.75) is 18.9 Å². The molecule has 2 aromatic heterocycles. The maximum Gasteiger partial charge on any atom is 0.129 e. The molecule has 100 valence electrons. The van der Waals surface area contributed by atoms with Crippen LogP contribution in [0.2, 0.25) is 0 Å². The molecule has 1 fully saturated rings. The molecule has 0 unspecified atom stereocenters. The Morgan fingerprint density at radius 3 is 3.16 bits per heavy atom. The van der Waals surface area contributed by atoms with Gasteiger partial charge in [-0.25, -0.2) is 9.97 Å². The van der Waals surface area contributed by atoms with Crippen LogP contribution in [0.25, 0.3) is 0 Å². The van der Waals surface area contributed by atoms with Gasteiger partial charge in [-0.2, -0.15) is 5.10 Å². The summed E-state index contributed by atoms with van der Waals surface area (Å²) < 4.78 is 7.18. The number of nitrogens with one attached hydrogen (secondary N) is 1. The molecule has 1 atom stereocenters. The number of rotatable bonds is 4. The van der Waals surface area contributed by atoms with Crippen LogP contribution in [-0.4, -0.2) is 33.0 Å². The molecular formula is C13H17N5O. The first-order chi connectivity index (χ1) is 9.31. The van der Waals surface area contributed by atoms with Gasteiger partial charge in [0.15, 0.2) is 0 Å². The fourth-order valence-corrected chi connectivity index (χ4v) is 2.22. The molecule has 0 aromatic carbocycles. The third kappa shape index (κ3) is 2.90. The Morgan fingerprint density at radius 1 is 1.47 bits per heavy atom. The number of hydrogen-bond acceptors (Lipinski definition) is 5. The van der Waals surface area contributed by atoms with Gasteiger partial charge in [0, 0.05) is 43.9 Å². The first-order valence-corrected chi connectivity index (χ1v) is 6.42. The maximum atomic E-state index is 5.39. The summed E-state index contributed by atoms with van der Waals surface area (Å²) in [6.07, 6.45) is 6.48. The van der Waals surface area contributed by atoms with Crippen LogP contribution in [0.4, 0.5) is 5.82 Å². The minimum atomic E-state index is 0.405. The smallest absolute Gasteiger partial charge is 0.129 e. The van der Waals surface area contributed by atoms with Crippen molar-refractivity contribution in [2.24, 2.45) is 7.05 Å². The fraction of sp³-hybridized carbons (Fsp3) is 0.462. The van der Waals surface area contributed by atoms with Crippen LogP contribution in [0.5, 0.6) is 0 Å². The molecule has 0 amide bonds. The average Bonchev–Trinajstić information content (AvgIpc) is 3.08. The van der Waals surface area contributed by atoms with Gasteiger partial charge in [-0.3, -0.25) is 4.68 Å². The molecule has 0 bridgehead atoms. The van der Waals surface area contributed by atoms with Gasteiger partial charge in [0.2, 0.25) is 0 Å². The van der Waals surface area contributed by atoms with Gasteiger partial charge in [0.05, 0.1) is 18.5 Å². The number of anilines is 1. The molecule has 1 N–H and O–H groups in total. The van der Waals surface area contributed by atoms with Gasteiger partial charge in [-0.1, -0.05) is 0 Å². The summed E-state index contributed by atoms with van der Waals surface area (Å²) in [6.45, 7) is 2.30. The highest BCUT2D eigenvalue weighted by molar-refractivity contribution is 5.36. The van der Waals surface area contributed by atoms with Crippen molar-refractivity contribution in [1.29, 1.82) is 0 Å². The highest BCUT2D eigenvalue weighted by atomic mass is 16.5. The van der Waals surface area contributed by atoms with E-state index in [0.29, 0.717) is 12.5 Å². The van der Waals surface area contributed by atoms with Gasteiger partial charge in [-0.15, -0.1) is 0 Å². The summed E-state index contributed by atoms with van der Waals surface area (Å²) in [5.41, 5.74) is 2.19. The molecule has 3 heterocycles. The quantitative estimate of drug-likeness (QED) is 0.897. The molecule has 1 aliphatic rings. The first kappa shape index (κ1) is 12.1. The van der Waals surface area contributed by atoms with Gasteiger partial charge >= 0.3 is 0 Å². The Hall–Kier alpha value is -1.95. The van der Waals surface area contributed by atoms with E-state index >= 15 is 0 Å². The fourth-order valence-electron chi connectivity index (χ4n) is 2.22. The lowest BCUT2D eigenvalue weighted by Gasteiger charge is -2.09. The molecule has 3 rings (SSSR count). The average molecular weight is 259 g/mol. The van der Waals surface area contributed by atoms with E-state index in [9.17, 15) is 0 Å². The van der Waals surface area contributed by atoms with E-state index in [1.54, 1.807) is 11.0 Å². The van der Waals surface area contributed by atoms with Crippen molar-refractivity contribution in [1.82, 2.24) is 19.7 Å². The Balaban J connectivity index is 1.65. The van der Waals surface area contributed by atoms with Gasteiger partial charge in [-0.05, 0) is 6.42 Å². The molecule has 0 spiro atoms. The zero-order chi connectivity index (χ0) is 13.1. The van der Waals surface area contributed by atoms with E-state index in [2.05, 4.69) is 20.4 Å². The highest BCUT2D eigenvalue weighted by Gasteiger charge is 2.19. The molecule has 1 saturated heterocycles. The molecule has 19 heavy (non-hydrogen) atoms. The monoisotopic (exact) mass is 259 g/mol. The second kappa shape index (κ2) is 5.36. The number of nitrogens with zero attached hydrogens (tertiary/aromatic N) is 4. The van der Waals surface area contributed by atoms with Crippen molar-refractivity contribution >= 4 is 5.82 Å². The molecule has 0 aliphatic carbocycles. The molecule has 2 aromatic rings. The van der Waals surface area contributed by atoms with Gasteiger partial charge in [0.1, 0.15) is 12.1 Å². The maximum absolute atomic E-state index is 5.39. The minimum absolute atomic E-state index is 0.405. The largest absolute Gasteiger partial charge is 0.381 e. The van der Waals surface area contributed by atoms with Crippen LogP contribution >= 0.6 is 0 Å². The van der Waals surface area contributed by atoms with Crippen LogP contribution < -0.4 is 5.32 Å². The Kier molecular flexibility index (Phi) is 3.41. The van der Waals surface area contributed by atoms with Crippen molar-refractivity contribution < 1.29 is 4.74 Å². The van der Waals surface area contributed by atoms with Crippen LogP contribution in [0, 0.1) is 0 Å². The number of ether oxygens (including phenoxy) is 1. The Bertz CT molecular complexity index is 547. The van der Waals surface area contributed by atoms with Crippen LogP contribution in [0.1, 0.15) is 23.6 Å². The highest BCUT2D eigenvalue weighted by Crippen LogP contribution is 2.24. The van der Waals surface area contributed by atoms with Crippen molar-refractivity contribution in [3.05, 3.63) is 36.0 Å². The number of aromatic nitrogens is 4. The Labute approximate surface area is 111 Å². The van der Waals surface area contributed by atoms with E-state index in [1.165, 1.54) is 0 Å². The van der Waals surface area contributed by atoms with E-state index in [0.717, 1.165) is 36.7 Å². The zero-order valence-electron chi connectivity index (χ0n) is 10.9. The summed E-state index contributed by atoms with van der Waals surface area (Å²) in [6, 6.07) is 2.01. The van der Waals surface area contributed by atoms with E-state index in [-0.39, 0.29) is 0 Å². The SMILES string of the molecule is Cn1cc(CNc2cc([C@@H]3CCOC3)ncn2)cn1. The standard InChI is InChI=1S/C13H17N5O/c1-18-7-10(6-17-18)5-14-13-4-12(15-9-16-13)11-2-3-19-8-11/h4,6-7,9,11H,2-3,5,8H2,1H3,(H,14,15,16)/t11-/m1/s1. The molecule has 1 aliphatic heterocycles. The van der Waals surface area contributed by atoms with Crippen molar-refractivity contribution in [3.8, 4) is 0 Å². The Morgan fingerprint density at radius 2 is 2.42 bits per heavy atom. The summed E-state index contributed by atoms with van der Waals surface area (Å²) in [5.74, 6) is 1.25.